The fourth-order valence-electron chi connectivity index (χ4n) is 3.62. The number of alkyl halides is 5. The third-order valence-corrected chi connectivity index (χ3v) is 5.62. The number of imidazole rings is 1. The summed E-state index contributed by atoms with van der Waals surface area (Å²) in [5.74, 6) is -3.62. The number of piperidine rings is 1. The quantitative estimate of drug-likeness (QED) is 0.569. The highest BCUT2D eigenvalue weighted by molar-refractivity contribution is 6.33. The third kappa shape index (κ3) is 4.68. The van der Waals surface area contributed by atoms with Gasteiger partial charge in [0.15, 0.2) is 5.82 Å². The van der Waals surface area contributed by atoms with Gasteiger partial charge in [-0.25, -0.2) is 18.7 Å². The molecule has 2 N–H and O–H groups in total. The number of fused-ring (bicyclic) bond motifs is 1. The summed E-state index contributed by atoms with van der Waals surface area (Å²) in [6.45, 7) is 0.924. The first kappa shape index (κ1) is 22.4. The van der Waals surface area contributed by atoms with Gasteiger partial charge in [0.25, 0.3) is 11.8 Å². The van der Waals surface area contributed by atoms with E-state index in [0.29, 0.717) is 30.0 Å². The van der Waals surface area contributed by atoms with E-state index in [-0.39, 0.29) is 42.6 Å². The SMILES string of the molecule is O=C(Nc1ncc(C(F)(F)F)cc1Cl)c1nc(C[NH+]2CCC(F)(F)CC2)c2ccccn12. The molecular weight excluding hydrogens is 457 g/mol. The average molecular weight is 475 g/mol. The minimum atomic E-state index is -4.62. The molecule has 0 radical (unpaired) electrons. The molecule has 0 aliphatic carbocycles. The molecule has 1 amide bonds. The molecule has 0 aromatic carbocycles. The van der Waals surface area contributed by atoms with Crippen LogP contribution in [0.5, 0.6) is 0 Å². The van der Waals surface area contributed by atoms with E-state index in [9.17, 15) is 26.7 Å². The lowest BCUT2D eigenvalue weighted by Gasteiger charge is -2.28. The van der Waals surface area contributed by atoms with E-state index in [1.54, 1.807) is 24.4 Å². The van der Waals surface area contributed by atoms with Crippen LogP contribution < -0.4 is 10.2 Å². The van der Waals surface area contributed by atoms with Crippen LogP contribution in [-0.2, 0) is 12.7 Å². The molecule has 1 saturated heterocycles. The first-order chi connectivity index (χ1) is 15.0. The number of hydrogen-bond donors (Lipinski definition) is 2. The number of nitrogens with zero attached hydrogens (tertiary/aromatic N) is 3. The summed E-state index contributed by atoms with van der Waals surface area (Å²) in [5, 5.41) is 2.02. The maximum atomic E-state index is 13.4. The van der Waals surface area contributed by atoms with Gasteiger partial charge in [0.05, 0.1) is 42.0 Å². The molecule has 0 atom stereocenters. The minimum absolute atomic E-state index is 0.0184. The molecular formula is C20H18ClF5N5O+. The van der Waals surface area contributed by atoms with Crippen LogP contribution in [0.15, 0.2) is 36.7 Å². The summed E-state index contributed by atoms with van der Waals surface area (Å²) in [5.41, 5.74) is 0.153. The van der Waals surface area contributed by atoms with Crippen molar-refractivity contribution in [3.05, 3.63) is 58.8 Å². The van der Waals surface area contributed by atoms with Crippen LogP contribution in [-0.4, -0.2) is 39.3 Å². The number of rotatable bonds is 4. The molecule has 3 aromatic heterocycles. The van der Waals surface area contributed by atoms with Crippen LogP contribution in [0, 0.1) is 0 Å². The molecule has 0 bridgehead atoms. The fraction of sp³-hybridized carbons (Fsp3) is 0.350. The topological polar surface area (TPSA) is 63.7 Å². The second-order valence-corrected chi connectivity index (χ2v) is 8.03. The van der Waals surface area contributed by atoms with Crippen LogP contribution >= 0.6 is 11.6 Å². The summed E-state index contributed by atoms with van der Waals surface area (Å²) in [6.07, 6.45) is -2.85. The molecule has 0 spiro atoms. The second kappa shape index (κ2) is 8.28. The predicted molar refractivity (Wildman–Crippen MR) is 106 cm³/mol. The summed E-state index contributed by atoms with van der Waals surface area (Å²) >= 11 is 5.87. The Kier molecular flexibility index (Phi) is 5.80. The summed E-state index contributed by atoms with van der Waals surface area (Å²) in [7, 11) is 0. The Morgan fingerprint density at radius 3 is 2.62 bits per heavy atom. The van der Waals surface area contributed by atoms with Crippen LogP contribution in [0.4, 0.5) is 27.8 Å². The largest absolute Gasteiger partial charge is 0.417 e. The number of aromatic nitrogens is 3. The zero-order valence-electron chi connectivity index (χ0n) is 16.5. The molecule has 1 fully saturated rings. The monoisotopic (exact) mass is 474 g/mol. The van der Waals surface area contributed by atoms with Gasteiger partial charge in [0.1, 0.15) is 12.2 Å². The number of anilines is 1. The van der Waals surface area contributed by atoms with Gasteiger partial charge >= 0.3 is 6.18 Å². The van der Waals surface area contributed by atoms with E-state index in [0.717, 1.165) is 4.90 Å². The van der Waals surface area contributed by atoms with Crippen molar-refractivity contribution in [2.45, 2.75) is 31.5 Å². The van der Waals surface area contributed by atoms with Crippen molar-refractivity contribution in [3.8, 4) is 0 Å². The number of quaternary nitrogens is 1. The summed E-state index contributed by atoms with van der Waals surface area (Å²) < 4.78 is 66.8. The molecule has 12 heteroatoms. The van der Waals surface area contributed by atoms with Crippen LogP contribution in [0.25, 0.3) is 5.52 Å². The molecule has 32 heavy (non-hydrogen) atoms. The van der Waals surface area contributed by atoms with Crippen molar-refractivity contribution in [2.24, 2.45) is 0 Å². The van der Waals surface area contributed by atoms with E-state index in [4.69, 9.17) is 11.6 Å². The van der Waals surface area contributed by atoms with Gasteiger partial charge in [-0.2, -0.15) is 13.2 Å². The van der Waals surface area contributed by atoms with Gasteiger partial charge in [0.2, 0.25) is 5.82 Å². The Balaban J connectivity index is 1.57. The lowest BCUT2D eigenvalue weighted by Crippen LogP contribution is -3.12. The van der Waals surface area contributed by atoms with E-state index in [2.05, 4.69) is 15.3 Å². The molecule has 4 rings (SSSR count). The Hall–Kier alpha value is -2.79. The highest BCUT2D eigenvalue weighted by Gasteiger charge is 2.37. The molecule has 0 saturated carbocycles. The van der Waals surface area contributed by atoms with Gasteiger partial charge < -0.3 is 10.2 Å². The zero-order valence-corrected chi connectivity index (χ0v) is 17.3. The van der Waals surface area contributed by atoms with E-state index >= 15 is 0 Å². The first-order valence-corrected chi connectivity index (χ1v) is 10.1. The van der Waals surface area contributed by atoms with Crippen LogP contribution in [0.1, 0.15) is 34.7 Å². The molecule has 0 unspecified atom stereocenters. The Morgan fingerprint density at radius 2 is 1.97 bits per heavy atom. The Labute approximate surface area is 184 Å². The smallest absolute Gasteiger partial charge is 0.329 e. The number of nitrogens with one attached hydrogen (secondary N) is 2. The van der Waals surface area contributed by atoms with Crippen molar-refractivity contribution in [1.29, 1.82) is 0 Å². The summed E-state index contributed by atoms with van der Waals surface area (Å²) in [6, 6.07) is 5.87. The summed E-state index contributed by atoms with van der Waals surface area (Å²) in [4.78, 5) is 21.8. The molecule has 1 aliphatic heterocycles. The lowest BCUT2D eigenvalue weighted by atomic mass is 10.1. The molecule has 6 nitrogen and oxygen atoms in total. The van der Waals surface area contributed by atoms with Crippen molar-refractivity contribution >= 4 is 28.8 Å². The van der Waals surface area contributed by atoms with Crippen LogP contribution in [0.2, 0.25) is 5.02 Å². The number of halogens is 6. The van der Waals surface area contributed by atoms with Gasteiger partial charge in [-0.15, -0.1) is 0 Å². The van der Waals surface area contributed by atoms with Gasteiger partial charge in [-0.1, -0.05) is 17.7 Å². The normalized spacial score (nSPS) is 16.9. The standard InChI is InChI=1S/C20H17ClF5N5O/c21-13-9-12(20(24,25)26)10-27-16(13)29-18(32)17-28-14(15-3-1-2-6-31(15)17)11-30-7-4-19(22,23)5-8-30/h1-3,6,9-10H,4-5,7-8,11H2,(H,27,29,32)/p+1. The maximum absolute atomic E-state index is 13.4. The lowest BCUT2D eigenvalue weighted by molar-refractivity contribution is -0.921. The van der Waals surface area contributed by atoms with Crippen molar-refractivity contribution < 1.29 is 31.6 Å². The Morgan fingerprint density at radius 1 is 1.25 bits per heavy atom. The maximum Gasteiger partial charge on any atom is 0.417 e. The van der Waals surface area contributed by atoms with Gasteiger partial charge in [-0.3, -0.25) is 9.20 Å². The van der Waals surface area contributed by atoms with Crippen LogP contribution in [0.3, 0.4) is 0 Å². The van der Waals surface area contributed by atoms with Gasteiger partial charge in [-0.05, 0) is 18.2 Å². The van der Waals surface area contributed by atoms with Crippen molar-refractivity contribution in [1.82, 2.24) is 14.4 Å². The van der Waals surface area contributed by atoms with Crippen molar-refractivity contribution in [2.75, 3.05) is 18.4 Å². The number of amides is 1. The highest BCUT2D eigenvalue weighted by atomic mass is 35.5. The van der Waals surface area contributed by atoms with E-state index in [1.165, 1.54) is 4.40 Å². The highest BCUT2D eigenvalue weighted by Crippen LogP contribution is 2.32. The minimum Gasteiger partial charge on any atom is -0.329 e. The van der Waals surface area contributed by atoms with E-state index < -0.39 is 23.6 Å². The predicted octanol–water partition coefficient (Wildman–Crippen LogP) is 3.47. The number of carbonyl (C=O) groups is 1. The molecule has 4 heterocycles. The molecule has 170 valence electrons. The second-order valence-electron chi connectivity index (χ2n) is 7.63. The fourth-order valence-corrected chi connectivity index (χ4v) is 3.84. The third-order valence-electron chi connectivity index (χ3n) is 5.33. The number of carbonyl (C=O) groups excluding carboxylic acids is 1. The number of pyridine rings is 2. The van der Waals surface area contributed by atoms with Gasteiger partial charge in [0, 0.05) is 12.4 Å². The number of likely N-dealkylation sites (tertiary alicyclic amines) is 1. The zero-order chi connectivity index (χ0) is 23.1. The number of hydrogen-bond acceptors (Lipinski definition) is 3. The molecule has 1 aliphatic rings. The van der Waals surface area contributed by atoms with Crippen molar-refractivity contribution in [3.63, 3.8) is 0 Å². The first-order valence-electron chi connectivity index (χ1n) is 9.75. The average Bonchev–Trinajstić information content (AvgIpc) is 3.09. The van der Waals surface area contributed by atoms with E-state index in [1.807, 2.05) is 0 Å². The molecule has 3 aromatic rings. The Bertz CT molecular complexity index is 1150.